The Kier molecular flexibility index (Phi) is 5.88. The van der Waals surface area contributed by atoms with Crippen LogP contribution in [0.4, 0.5) is 4.79 Å². The zero-order valence-corrected chi connectivity index (χ0v) is 12.7. The molecule has 0 spiro atoms. The van der Waals surface area contributed by atoms with Crippen LogP contribution in [0.25, 0.3) is 0 Å². The Hall–Kier alpha value is -2.44. The molecule has 1 aromatic rings. The maximum absolute atomic E-state index is 11.8. The summed E-state index contributed by atoms with van der Waals surface area (Å²) in [5, 5.41) is 4.14. The smallest absolute Gasteiger partial charge is 0.409 e. The molecule has 118 valence electrons. The average Bonchev–Trinajstić information content (AvgIpc) is 2.54. The van der Waals surface area contributed by atoms with Gasteiger partial charge in [-0.2, -0.15) is 9.67 Å². The van der Waals surface area contributed by atoms with Gasteiger partial charge in [0.05, 0.1) is 6.61 Å². The van der Waals surface area contributed by atoms with E-state index >= 15 is 0 Å². The Morgan fingerprint density at radius 1 is 1.27 bits per heavy atom. The fourth-order valence-electron chi connectivity index (χ4n) is 2.16. The average molecular weight is 305 g/mol. The number of hydrazone groups is 1. The van der Waals surface area contributed by atoms with Crippen molar-refractivity contribution < 1.29 is 18.9 Å². The first-order valence-electron chi connectivity index (χ1n) is 7.39. The van der Waals surface area contributed by atoms with E-state index in [9.17, 15) is 9.59 Å². The van der Waals surface area contributed by atoms with Crippen LogP contribution < -0.4 is 9.99 Å². The molecule has 7 heteroatoms. The Morgan fingerprint density at radius 2 is 1.95 bits per heavy atom. The quantitative estimate of drug-likeness (QED) is 0.657. The predicted octanol–water partition coefficient (Wildman–Crippen LogP) is 0.699. The molecule has 1 aliphatic rings. The maximum atomic E-state index is 11.8. The molecule has 0 aliphatic carbocycles. The predicted molar refractivity (Wildman–Crippen MR) is 80.0 cm³/mol. The van der Waals surface area contributed by atoms with E-state index < -0.39 is 0 Å². The third kappa shape index (κ3) is 4.83. The van der Waals surface area contributed by atoms with Crippen molar-refractivity contribution in [2.45, 2.75) is 26.3 Å². The zero-order valence-electron chi connectivity index (χ0n) is 12.7. The van der Waals surface area contributed by atoms with Gasteiger partial charge in [-0.05, 0) is 6.92 Å². The second-order valence-corrected chi connectivity index (χ2v) is 4.95. The number of likely N-dealkylation sites (tertiary alicyclic amines) is 1. The van der Waals surface area contributed by atoms with Gasteiger partial charge in [0.15, 0.2) is 12.4 Å². The molecule has 1 aliphatic heterocycles. The fraction of sp³-hybridized carbons (Fsp3) is 0.467. The second kappa shape index (κ2) is 8.11. The lowest BCUT2D eigenvalue weighted by molar-refractivity contribution is -0.684. The molecule has 0 atom stereocenters. The van der Waals surface area contributed by atoms with Gasteiger partial charge in [0.2, 0.25) is 6.54 Å². The summed E-state index contributed by atoms with van der Waals surface area (Å²) in [7, 11) is 0. The zero-order chi connectivity index (χ0) is 15.8. The Bertz CT molecular complexity index is 535. The van der Waals surface area contributed by atoms with Gasteiger partial charge >= 0.3 is 12.0 Å². The first-order chi connectivity index (χ1) is 10.7. The summed E-state index contributed by atoms with van der Waals surface area (Å²) in [5.74, 6) is -0.170. The lowest BCUT2D eigenvalue weighted by atomic mass is 10.1. The number of carbonyl (C=O) groups excluding carboxylic acids is 2. The van der Waals surface area contributed by atoms with Crippen LogP contribution >= 0.6 is 0 Å². The van der Waals surface area contributed by atoms with E-state index in [1.807, 2.05) is 30.6 Å². The van der Waals surface area contributed by atoms with Crippen LogP contribution in [0.15, 0.2) is 35.7 Å². The minimum absolute atomic E-state index is 0.170. The van der Waals surface area contributed by atoms with Gasteiger partial charge in [-0.15, -0.1) is 0 Å². The summed E-state index contributed by atoms with van der Waals surface area (Å²) in [6, 6.07) is 5.63. The van der Waals surface area contributed by atoms with Gasteiger partial charge < -0.3 is 9.64 Å². The number of carbonyl (C=O) groups is 2. The van der Waals surface area contributed by atoms with Crippen molar-refractivity contribution >= 4 is 17.7 Å². The van der Waals surface area contributed by atoms with Crippen LogP contribution in [0.3, 0.4) is 0 Å². The highest BCUT2D eigenvalue weighted by Gasteiger charge is 2.20. The van der Waals surface area contributed by atoms with Crippen molar-refractivity contribution in [3.63, 3.8) is 0 Å². The number of pyridine rings is 1. The number of hydrogen-bond donors (Lipinski definition) is 1. The molecular formula is C15H21N4O3+. The third-order valence-electron chi connectivity index (χ3n) is 3.31. The lowest BCUT2D eigenvalue weighted by Crippen LogP contribution is -2.42. The number of ether oxygens (including phenoxy) is 1. The van der Waals surface area contributed by atoms with Gasteiger partial charge in [0.1, 0.15) is 0 Å². The number of amides is 2. The normalized spacial score (nSPS) is 14.4. The number of nitrogens with one attached hydrogen (secondary N) is 1. The maximum Gasteiger partial charge on any atom is 0.409 e. The van der Waals surface area contributed by atoms with E-state index in [1.54, 1.807) is 16.4 Å². The molecule has 1 saturated heterocycles. The molecule has 22 heavy (non-hydrogen) atoms. The van der Waals surface area contributed by atoms with Crippen molar-refractivity contribution in [2.24, 2.45) is 5.10 Å². The third-order valence-corrected chi connectivity index (χ3v) is 3.31. The molecule has 0 radical (unpaired) electrons. The van der Waals surface area contributed by atoms with Crippen molar-refractivity contribution in [1.29, 1.82) is 0 Å². The molecule has 0 saturated carbocycles. The molecule has 0 unspecified atom stereocenters. The summed E-state index contributed by atoms with van der Waals surface area (Å²) in [4.78, 5) is 25.0. The van der Waals surface area contributed by atoms with Crippen LogP contribution in [0, 0.1) is 0 Å². The van der Waals surface area contributed by atoms with E-state index in [1.165, 1.54) is 0 Å². The number of piperidine rings is 1. The highest BCUT2D eigenvalue weighted by atomic mass is 16.6. The van der Waals surface area contributed by atoms with E-state index in [0.717, 1.165) is 5.71 Å². The molecular weight excluding hydrogens is 284 g/mol. The highest BCUT2D eigenvalue weighted by Crippen LogP contribution is 2.08. The van der Waals surface area contributed by atoms with Gasteiger partial charge in [-0.1, -0.05) is 6.07 Å². The Balaban J connectivity index is 1.75. The van der Waals surface area contributed by atoms with Gasteiger partial charge in [-0.25, -0.2) is 10.2 Å². The summed E-state index contributed by atoms with van der Waals surface area (Å²) in [5.41, 5.74) is 3.46. The highest BCUT2D eigenvalue weighted by molar-refractivity contribution is 5.88. The summed E-state index contributed by atoms with van der Waals surface area (Å²) < 4.78 is 6.73. The van der Waals surface area contributed by atoms with Crippen LogP contribution in [0.5, 0.6) is 0 Å². The lowest BCUT2D eigenvalue weighted by Gasteiger charge is -2.26. The topological polar surface area (TPSA) is 74.9 Å². The molecule has 1 aromatic heterocycles. The van der Waals surface area contributed by atoms with E-state index in [4.69, 9.17) is 4.74 Å². The van der Waals surface area contributed by atoms with Crippen LogP contribution in [-0.2, 0) is 16.1 Å². The Morgan fingerprint density at radius 3 is 2.59 bits per heavy atom. The van der Waals surface area contributed by atoms with Crippen molar-refractivity contribution in [2.75, 3.05) is 19.7 Å². The van der Waals surface area contributed by atoms with Crippen LogP contribution in [-0.4, -0.2) is 42.3 Å². The van der Waals surface area contributed by atoms with E-state index in [2.05, 4.69) is 10.5 Å². The standard InChI is InChI=1S/C15H20N4O3/c1-2-22-15(21)19-10-6-13(7-11-19)16-17-14(20)12-18-8-4-3-5-9-18/h3-5,8-9H,2,6-7,10-12H2,1H3/p+1. The second-order valence-electron chi connectivity index (χ2n) is 4.95. The summed E-state index contributed by atoms with van der Waals surface area (Å²) in [6.07, 6.45) is 4.66. The minimum atomic E-state index is -0.286. The first kappa shape index (κ1) is 15.9. The van der Waals surface area contributed by atoms with Crippen molar-refractivity contribution in [3.8, 4) is 0 Å². The largest absolute Gasteiger partial charge is 0.450 e. The summed E-state index contributed by atoms with van der Waals surface area (Å²) in [6.45, 7) is 3.53. The minimum Gasteiger partial charge on any atom is -0.450 e. The number of aromatic nitrogens is 1. The van der Waals surface area contributed by atoms with Gasteiger partial charge in [0, 0.05) is 43.8 Å². The molecule has 1 N–H and O–H groups in total. The SMILES string of the molecule is CCOC(=O)N1CCC(=NNC(=O)C[n+]2ccccc2)CC1. The first-order valence-corrected chi connectivity index (χ1v) is 7.39. The Labute approximate surface area is 129 Å². The molecule has 2 heterocycles. The van der Waals surface area contributed by atoms with Crippen molar-refractivity contribution in [1.82, 2.24) is 10.3 Å². The molecule has 1 fully saturated rings. The number of nitrogens with zero attached hydrogens (tertiary/aromatic N) is 3. The van der Waals surface area contributed by atoms with Crippen LogP contribution in [0.1, 0.15) is 19.8 Å². The van der Waals surface area contributed by atoms with E-state index in [-0.39, 0.29) is 18.5 Å². The van der Waals surface area contributed by atoms with Gasteiger partial charge in [-0.3, -0.25) is 4.79 Å². The summed E-state index contributed by atoms with van der Waals surface area (Å²) >= 11 is 0. The van der Waals surface area contributed by atoms with Crippen LogP contribution in [0.2, 0.25) is 0 Å². The number of rotatable bonds is 4. The molecule has 7 nitrogen and oxygen atoms in total. The van der Waals surface area contributed by atoms with Gasteiger partial charge in [0.25, 0.3) is 0 Å². The molecule has 0 bridgehead atoms. The molecule has 2 amide bonds. The number of hydrogen-bond acceptors (Lipinski definition) is 4. The van der Waals surface area contributed by atoms with E-state index in [0.29, 0.717) is 32.5 Å². The van der Waals surface area contributed by atoms with Crippen molar-refractivity contribution in [3.05, 3.63) is 30.6 Å². The molecule has 2 rings (SSSR count). The fourth-order valence-corrected chi connectivity index (χ4v) is 2.16. The monoisotopic (exact) mass is 305 g/mol. The molecule has 0 aromatic carbocycles.